The van der Waals surface area contributed by atoms with Crippen molar-refractivity contribution in [2.75, 3.05) is 19.6 Å². The number of thiophene rings is 1. The van der Waals surface area contributed by atoms with Crippen LogP contribution in [0, 0.1) is 5.92 Å². The highest BCUT2D eigenvalue weighted by atomic mass is 79.9. The first-order valence-corrected chi connectivity index (χ1v) is 8.64. The molecule has 2 nitrogen and oxygen atoms in total. The summed E-state index contributed by atoms with van der Waals surface area (Å²) in [6.07, 6.45) is 0. The van der Waals surface area contributed by atoms with E-state index in [1.54, 1.807) is 11.3 Å². The zero-order valence-electron chi connectivity index (χ0n) is 11.3. The lowest BCUT2D eigenvalue weighted by Crippen LogP contribution is -2.23. The van der Waals surface area contributed by atoms with Crippen molar-refractivity contribution >= 4 is 27.3 Å². The van der Waals surface area contributed by atoms with Crippen LogP contribution in [-0.2, 0) is 6.54 Å². The number of benzene rings is 1. The number of hydrogen-bond acceptors (Lipinski definition) is 3. The van der Waals surface area contributed by atoms with Gasteiger partial charge in [-0.1, -0.05) is 30.3 Å². The molecule has 1 aromatic carbocycles. The minimum absolute atomic E-state index is 0.569. The largest absolute Gasteiger partial charge is 0.330 e. The van der Waals surface area contributed by atoms with E-state index in [9.17, 15) is 0 Å². The molecule has 0 saturated carbocycles. The Morgan fingerprint density at radius 1 is 1.25 bits per heavy atom. The van der Waals surface area contributed by atoms with Crippen LogP contribution in [0.3, 0.4) is 0 Å². The SMILES string of the molecule is NC[C@@H]1CN(Cc2csc(Br)c2)C[C@H]1c1ccccc1. The molecule has 0 amide bonds. The molecular formula is C16H19BrN2S. The second-order valence-electron chi connectivity index (χ2n) is 5.47. The van der Waals surface area contributed by atoms with Gasteiger partial charge in [0.25, 0.3) is 0 Å². The van der Waals surface area contributed by atoms with E-state index < -0.39 is 0 Å². The Hall–Kier alpha value is -0.680. The smallest absolute Gasteiger partial charge is 0.0701 e. The summed E-state index contributed by atoms with van der Waals surface area (Å²) < 4.78 is 1.21. The zero-order valence-corrected chi connectivity index (χ0v) is 13.7. The van der Waals surface area contributed by atoms with Gasteiger partial charge in [-0.3, -0.25) is 4.90 Å². The van der Waals surface area contributed by atoms with Gasteiger partial charge in [0.15, 0.2) is 0 Å². The van der Waals surface area contributed by atoms with Crippen LogP contribution in [0.1, 0.15) is 17.0 Å². The highest BCUT2D eigenvalue weighted by Gasteiger charge is 2.32. The van der Waals surface area contributed by atoms with E-state index in [1.165, 1.54) is 14.9 Å². The third kappa shape index (κ3) is 3.14. The Morgan fingerprint density at radius 3 is 2.70 bits per heavy atom. The van der Waals surface area contributed by atoms with Crippen molar-refractivity contribution in [1.29, 1.82) is 0 Å². The van der Waals surface area contributed by atoms with Gasteiger partial charge in [0.1, 0.15) is 0 Å². The molecule has 0 spiro atoms. The maximum atomic E-state index is 5.99. The van der Waals surface area contributed by atoms with E-state index in [2.05, 4.69) is 62.6 Å². The van der Waals surface area contributed by atoms with Crippen molar-refractivity contribution in [2.24, 2.45) is 11.7 Å². The number of likely N-dealkylation sites (tertiary alicyclic amines) is 1. The predicted molar refractivity (Wildman–Crippen MR) is 89.0 cm³/mol. The van der Waals surface area contributed by atoms with Gasteiger partial charge < -0.3 is 5.73 Å². The van der Waals surface area contributed by atoms with Crippen molar-refractivity contribution < 1.29 is 0 Å². The van der Waals surface area contributed by atoms with Gasteiger partial charge in [-0.05, 0) is 51.0 Å². The highest BCUT2D eigenvalue weighted by Crippen LogP contribution is 2.33. The van der Waals surface area contributed by atoms with Crippen molar-refractivity contribution in [3.63, 3.8) is 0 Å². The standard InChI is InChI=1S/C16H19BrN2S/c17-16-6-12(11-20-16)8-19-9-14(7-18)15(10-19)13-4-2-1-3-5-13/h1-6,11,14-15H,7-10,18H2/t14-,15+/m1/s1. The van der Waals surface area contributed by atoms with Crippen LogP contribution in [0.4, 0.5) is 0 Å². The molecule has 106 valence electrons. The van der Waals surface area contributed by atoms with E-state index in [4.69, 9.17) is 5.73 Å². The molecule has 0 unspecified atom stereocenters. The Balaban J connectivity index is 1.71. The van der Waals surface area contributed by atoms with Crippen LogP contribution >= 0.6 is 27.3 Å². The van der Waals surface area contributed by atoms with Gasteiger partial charge in [-0.15, -0.1) is 11.3 Å². The molecule has 3 rings (SSSR count). The molecule has 1 fully saturated rings. The van der Waals surface area contributed by atoms with E-state index in [1.807, 2.05) is 0 Å². The average Bonchev–Trinajstić information content (AvgIpc) is 3.06. The van der Waals surface area contributed by atoms with E-state index in [0.29, 0.717) is 11.8 Å². The Bertz CT molecular complexity index is 555. The zero-order chi connectivity index (χ0) is 13.9. The van der Waals surface area contributed by atoms with Gasteiger partial charge >= 0.3 is 0 Å². The summed E-state index contributed by atoms with van der Waals surface area (Å²) in [5, 5.41) is 2.23. The fourth-order valence-electron chi connectivity index (χ4n) is 3.09. The third-order valence-electron chi connectivity index (χ3n) is 4.08. The lowest BCUT2D eigenvalue weighted by atomic mass is 9.89. The minimum Gasteiger partial charge on any atom is -0.330 e. The Labute approximate surface area is 132 Å². The molecule has 1 saturated heterocycles. The van der Waals surface area contributed by atoms with Crippen LogP contribution in [-0.4, -0.2) is 24.5 Å². The second-order valence-corrected chi connectivity index (χ2v) is 7.76. The summed E-state index contributed by atoms with van der Waals surface area (Å²) >= 11 is 5.29. The maximum absolute atomic E-state index is 5.99. The average molecular weight is 351 g/mol. The van der Waals surface area contributed by atoms with Crippen molar-refractivity contribution in [3.8, 4) is 0 Å². The first kappa shape index (κ1) is 14.3. The molecule has 1 aliphatic heterocycles. The molecule has 0 radical (unpaired) electrons. The molecule has 0 aliphatic carbocycles. The molecule has 1 aromatic heterocycles. The van der Waals surface area contributed by atoms with Crippen LogP contribution in [0.25, 0.3) is 0 Å². The first-order valence-electron chi connectivity index (χ1n) is 6.96. The van der Waals surface area contributed by atoms with Gasteiger partial charge in [0.05, 0.1) is 3.79 Å². The number of halogens is 1. The summed E-state index contributed by atoms with van der Waals surface area (Å²) in [5.74, 6) is 1.14. The van der Waals surface area contributed by atoms with Crippen LogP contribution in [0.2, 0.25) is 0 Å². The van der Waals surface area contributed by atoms with Crippen molar-refractivity contribution in [3.05, 3.63) is 56.7 Å². The fraction of sp³-hybridized carbons (Fsp3) is 0.375. The summed E-state index contributed by atoms with van der Waals surface area (Å²) in [5.41, 5.74) is 8.81. The number of nitrogens with zero attached hydrogens (tertiary/aromatic N) is 1. The maximum Gasteiger partial charge on any atom is 0.0701 e. The van der Waals surface area contributed by atoms with Gasteiger partial charge in [0, 0.05) is 25.6 Å². The van der Waals surface area contributed by atoms with E-state index in [0.717, 1.165) is 26.2 Å². The van der Waals surface area contributed by atoms with Crippen LogP contribution < -0.4 is 5.73 Å². The lowest BCUT2D eigenvalue weighted by molar-refractivity contribution is 0.317. The van der Waals surface area contributed by atoms with Crippen LogP contribution in [0.5, 0.6) is 0 Å². The molecule has 20 heavy (non-hydrogen) atoms. The van der Waals surface area contributed by atoms with Crippen molar-refractivity contribution in [2.45, 2.75) is 12.5 Å². The molecule has 0 bridgehead atoms. The molecule has 1 aliphatic rings. The minimum atomic E-state index is 0.569. The second kappa shape index (κ2) is 6.39. The quantitative estimate of drug-likeness (QED) is 0.910. The number of nitrogens with two attached hydrogens (primary N) is 1. The van der Waals surface area contributed by atoms with Crippen LogP contribution in [0.15, 0.2) is 45.6 Å². The molecular weight excluding hydrogens is 332 g/mol. The fourth-order valence-corrected chi connectivity index (χ4v) is 4.29. The molecule has 4 heteroatoms. The van der Waals surface area contributed by atoms with Gasteiger partial charge in [-0.25, -0.2) is 0 Å². The first-order chi connectivity index (χ1) is 9.76. The predicted octanol–water partition coefficient (Wildman–Crippen LogP) is 3.68. The van der Waals surface area contributed by atoms with E-state index in [-0.39, 0.29) is 0 Å². The van der Waals surface area contributed by atoms with Crippen molar-refractivity contribution in [1.82, 2.24) is 4.90 Å². The normalized spacial score (nSPS) is 23.3. The number of rotatable bonds is 4. The summed E-state index contributed by atoms with van der Waals surface area (Å²) in [4.78, 5) is 2.53. The van der Waals surface area contributed by atoms with E-state index >= 15 is 0 Å². The summed E-state index contributed by atoms with van der Waals surface area (Å²) in [6, 6.07) is 13.0. The lowest BCUT2D eigenvalue weighted by Gasteiger charge is -2.16. The Morgan fingerprint density at radius 2 is 2.05 bits per heavy atom. The summed E-state index contributed by atoms with van der Waals surface area (Å²) in [6.45, 7) is 4.01. The molecule has 2 atom stereocenters. The van der Waals surface area contributed by atoms with Gasteiger partial charge in [-0.2, -0.15) is 0 Å². The monoisotopic (exact) mass is 350 g/mol. The van der Waals surface area contributed by atoms with Gasteiger partial charge in [0.2, 0.25) is 0 Å². The Kier molecular flexibility index (Phi) is 4.56. The summed E-state index contributed by atoms with van der Waals surface area (Å²) in [7, 11) is 0. The molecule has 2 heterocycles. The number of hydrogen-bond donors (Lipinski definition) is 1. The molecule has 2 N–H and O–H groups in total. The molecule has 2 aromatic rings. The highest BCUT2D eigenvalue weighted by molar-refractivity contribution is 9.11. The third-order valence-corrected chi connectivity index (χ3v) is 5.63. The topological polar surface area (TPSA) is 29.3 Å².